The summed E-state index contributed by atoms with van der Waals surface area (Å²) in [5.41, 5.74) is 0.606. The summed E-state index contributed by atoms with van der Waals surface area (Å²) in [5.74, 6) is -0.349. The van der Waals surface area contributed by atoms with Gasteiger partial charge in [0.05, 0.1) is 18.6 Å². The number of hydrogen-bond donors (Lipinski definition) is 2. The van der Waals surface area contributed by atoms with Gasteiger partial charge in [0.15, 0.2) is 0 Å². The summed E-state index contributed by atoms with van der Waals surface area (Å²) in [6.07, 6.45) is 3.16. The van der Waals surface area contributed by atoms with Gasteiger partial charge in [-0.2, -0.15) is 0 Å². The van der Waals surface area contributed by atoms with Crippen LogP contribution in [0, 0.1) is 11.8 Å². The predicted octanol–water partition coefficient (Wildman–Crippen LogP) is 2.56. The van der Waals surface area contributed by atoms with E-state index in [1.54, 1.807) is 14.2 Å². The van der Waals surface area contributed by atoms with Gasteiger partial charge in [-0.15, -0.1) is 0 Å². The van der Waals surface area contributed by atoms with E-state index in [-0.39, 0.29) is 41.2 Å². The van der Waals surface area contributed by atoms with Gasteiger partial charge in [-0.05, 0) is 46.0 Å². The Morgan fingerprint density at radius 2 is 1.97 bits per heavy atom. The summed E-state index contributed by atoms with van der Waals surface area (Å²) < 4.78 is 23.8. The highest BCUT2D eigenvalue weighted by molar-refractivity contribution is 5.85. The number of carbonyl (C=O) groups excluding carboxylic acids is 2. The van der Waals surface area contributed by atoms with Crippen LogP contribution in [0.4, 0.5) is 4.79 Å². The Morgan fingerprint density at radius 1 is 1.29 bits per heavy atom. The fourth-order valence-corrected chi connectivity index (χ4v) is 5.06. The molecule has 8 nitrogen and oxygen atoms in total. The summed E-state index contributed by atoms with van der Waals surface area (Å²) in [6.45, 7) is 10.7. The normalized spacial score (nSPS) is 37.2. The number of methoxy groups -OCH3 is 1. The fraction of sp³-hybridized carbons (Fsp3) is 0.826. The van der Waals surface area contributed by atoms with Crippen molar-refractivity contribution < 1.29 is 28.5 Å². The third-order valence-corrected chi connectivity index (χ3v) is 6.96. The van der Waals surface area contributed by atoms with Crippen molar-refractivity contribution in [3.63, 3.8) is 0 Å². The number of carbonyl (C=O) groups is 2. The molecule has 2 aliphatic heterocycles. The number of rotatable bonds is 8. The van der Waals surface area contributed by atoms with Gasteiger partial charge >= 0.3 is 6.09 Å². The second-order valence-electron chi connectivity index (χ2n) is 9.80. The van der Waals surface area contributed by atoms with Crippen LogP contribution in [-0.4, -0.2) is 68.3 Å². The van der Waals surface area contributed by atoms with Gasteiger partial charge in [0, 0.05) is 14.2 Å². The molecule has 3 unspecified atom stereocenters. The lowest BCUT2D eigenvalue weighted by Crippen LogP contribution is -2.57. The smallest absolute Gasteiger partial charge is 0.408 e. The highest BCUT2D eigenvalue weighted by Gasteiger charge is 2.72. The molecule has 3 fully saturated rings. The topological polar surface area (TPSA) is 102 Å². The van der Waals surface area contributed by atoms with Crippen molar-refractivity contribution >= 4 is 12.0 Å². The first-order valence-electron chi connectivity index (χ1n) is 11.2. The second-order valence-corrected chi connectivity index (χ2v) is 9.80. The molecule has 176 valence electrons. The Labute approximate surface area is 185 Å². The third-order valence-electron chi connectivity index (χ3n) is 6.96. The van der Waals surface area contributed by atoms with Crippen LogP contribution >= 0.6 is 0 Å². The van der Waals surface area contributed by atoms with Crippen molar-refractivity contribution in [2.45, 2.75) is 89.4 Å². The number of hydrogen-bond acceptors (Lipinski definition) is 6. The quantitative estimate of drug-likeness (QED) is 0.446. The van der Waals surface area contributed by atoms with Crippen LogP contribution in [-0.2, 0) is 23.7 Å². The van der Waals surface area contributed by atoms with Crippen molar-refractivity contribution in [1.82, 2.24) is 10.6 Å². The van der Waals surface area contributed by atoms with Crippen LogP contribution in [0.25, 0.3) is 0 Å². The van der Waals surface area contributed by atoms with E-state index in [0.717, 1.165) is 12.8 Å². The number of amides is 2. The number of epoxide rings is 2. The lowest BCUT2D eigenvalue weighted by molar-refractivity contribution is -0.125. The molecule has 0 bridgehead atoms. The molecule has 1 saturated carbocycles. The first-order valence-corrected chi connectivity index (χ1v) is 11.2. The van der Waals surface area contributed by atoms with Crippen LogP contribution in [0.2, 0.25) is 0 Å². The first-order chi connectivity index (χ1) is 14.6. The maximum Gasteiger partial charge on any atom is 0.408 e. The molecule has 0 aromatic rings. The standard InChI is InChI=1S/C23H38N2O6/c1-13(2)8-9-16-22(5,31-16)19-18(28-7)15(10-11-23(19)12-29-23)30-21(27)25-17(14(3)4)20(26)24-6/h8,14-19H,9-12H2,1-7H3,(H,24,26)(H,25,27)/t15-,16-,17?,18-,19-,22?,23?/m1/s1. The lowest BCUT2D eigenvalue weighted by Gasteiger charge is -2.42. The summed E-state index contributed by atoms with van der Waals surface area (Å²) in [5, 5.41) is 5.29. The Hall–Kier alpha value is -1.64. The zero-order valence-corrected chi connectivity index (χ0v) is 19.8. The molecule has 3 rings (SSSR count). The molecule has 0 radical (unpaired) electrons. The molecule has 2 heterocycles. The summed E-state index contributed by atoms with van der Waals surface area (Å²) in [4.78, 5) is 24.7. The molecule has 2 saturated heterocycles. The van der Waals surface area contributed by atoms with Crippen molar-refractivity contribution in [2.75, 3.05) is 20.8 Å². The van der Waals surface area contributed by atoms with E-state index in [2.05, 4.69) is 37.5 Å². The van der Waals surface area contributed by atoms with E-state index in [1.807, 2.05) is 13.8 Å². The summed E-state index contributed by atoms with van der Waals surface area (Å²) >= 11 is 0. The Kier molecular flexibility index (Phi) is 7.03. The summed E-state index contributed by atoms with van der Waals surface area (Å²) in [6, 6.07) is -0.659. The molecule has 31 heavy (non-hydrogen) atoms. The molecule has 1 aliphatic carbocycles. The average Bonchev–Trinajstić information content (AvgIpc) is 3.62. The molecule has 2 N–H and O–H groups in total. The van der Waals surface area contributed by atoms with Gasteiger partial charge in [-0.1, -0.05) is 25.5 Å². The average molecular weight is 439 g/mol. The summed E-state index contributed by atoms with van der Waals surface area (Å²) in [7, 11) is 3.19. The first kappa shape index (κ1) is 24.0. The predicted molar refractivity (Wildman–Crippen MR) is 116 cm³/mol. The zero-order chi connectivity index (χ0) is 23.0. The molecule has 0 aromatic carbocycles. The van der Waals surface area contributed by atoms with E-state index in [0.29, 0.717) is 13.0 Å². The van der Waals surface area contributed by atoms with E-state index in [9.17, 15) is 9.59 Å². The molecular weight excluding hydrogens is 400 g/mol. The maximum absolute atomic E-state index is 12.7. The highest BCUT2D eigenvalue weighted by atomic mass is 16.6. The Bertz CT molecular complexity index is 715. The maximum atomic E-state index is 12.7. The number of ether oxygens (including phenoxy) is 4. The van der Waals surface area contributed by atoms with Gasteiger partial charge < -0.3 is 29.6 Å². The molecular formula is C23H38N2O6. The minimum Gasteiger partial charge on any atom is -0.443 e. The number of allylic oxidation sites excluding steroid dienone is 1. The largest absolute Gasteiger partial charge is 0.443 e. The SMILES string of the molecule is CNC(=O)C(NC(=O)O[C@@H]1CCC2(CO2)[C@@H](C2(C)O[C@@H]2CC=C(C)C)[C@@H]1OC)C(C)C. The van der Waals surface area contributed by atoms with Crippen LogP contribution in [0.3, 0.4) is 0 Å². The third kappa shape index (κ3) is 4.91. The van der Waals surface area contributed by atoms with E-state index >= 15 is 0 Å². The number of alkyl carbamates (subject to hydrolysis) is 1. The highest BCUT2D eigenvalue weighted by Crippen LogP contribution is 2.59. The van der Waals surface area contributed by atoms with E-state index in [4.69, 9.17) is 18.9 Å². The lowest BCUT2D eigenvalue weighted by atomic mass is 9.68. The molecule has 0 aromatic heterocycles. The zero-order valence-electron chi connectivity index (χ0n) is 19.8. The monoisotopic (exact) mass is 438 g/mol. The molecule has 1 spiro atoms. The minimum absolute atomic E-state index is 0.0352. The van der Waals surface area contributed by atoms with Crippen LogP contribution in [0.1, 0.15) is 53.9 Å². The van der Waals surface area contributed by atoms with Crippen LogP contribution in [0.5, 0.6) is 0 Å². The number of nitrogens with one attached hydrogen (secondary N) is 2. The molecule has 8 heteroatoms. The van der Waals surface area contributed by atoms with Gasteiger partial charge in [0.2, 0.25) is 5.91 Å². The van der Waals surface area contributed by atoms with E-state index < -0.39 is 18.2 Å². The van der Waals surface area contributed by atoms with Crippen molar-refractivity contribution in [3.05, 3.63) is 11.6 Å². The Balaban J connectivity index is 1.71. The van der Waals surface area contributed by atoms with Crippen molar-refractivity contribution in [3.8, 4) is 0 Å². The van der Waals surface area contributed by atoms with Gasteiger partial charge in [-0.3, -0.25) is 4.79 Å². The van der Waals surface area contributed by atoms with Crippen molar-refractivity contribution in [1.29, 1.82) is 0 Å². The Morgan fingerprint density at radius 3 is 2.48 bits per heavy atom. The fourth-order valence-electron chi connectivity index (χ4n) is 5.06. The molecule has 7 atom stereocenters. The van der Waals surface area contributed by atoms with Gasteiger partial charge in [0.1, 0.15) is 29.5 Å². The molecule has 2 amide bonds. The van der Waals surface area contributed by atoms with Gasteiger partial charge in [0.25, 0.3) is 0 Å². The van der Waals surface area contributed by atoms with Crippen LogP contribution < -0.4 is 10.6 Å². The van der Waals surface area contributed by atoms with Crippen molar-refractivity contribution in [2.24, 2.45) is 11.8 Å². The second kappa shape index (κ2) is 9.08. The van der Waals surface area contributed by atoms with E-state index in [1.165, 1.54) is 5.57 Å². The molecule has 3 aliphatic rings. The van der Waals surface area contributed by atoms with Gasteiger partial charge in [-0.25, -0.2) is 4.79 Å². The minimum atomic E-state index is -0.659. The van der Waals surface area contributed by atoms with Crippen LogP contribution in [0.15, 0.2) is 11.6 Å². The number of likely N-dealkylation sites (N-methyl/N-ethyl adjacent to an activating group) is 1.